The van der Waals surface area contributed by atoms with Crippen molar-refractivity contribution >= 4 is 28.7 Å². The van der Waals surface area contributed by atoms with Gasteiger partial charge in [0, 0.05) is 22.9 Å². The molecule has 1 amide bonds. The van der Waals surface area contributed by atoms with Gasteiger partial charge in [0.1, 0.15) is 11.3 Å². The van der Waals surface area contributed by atoms with E-state index in [0.717, 1.165) is 17.2 Å². The number of hydrogen-bond acceptors (Lipinski definition) is 5. The Labute approximate surface area is 142 Å². The average Bonchev–Trinajstić information content (AvgIpc) is 3.06. The van der Waals surface area contributed by atoms with Crippen LogP contribution < -0.4 is 10.1 Å². The van der Waals surface area contributed by atoms with E-state index < -0.39 is 5.91 Å². The first-order valence-electron chi connectivity index (χ1n) is 7.23. The molecule has 0 aliphatic rings. The number of nitrogens with zero attached hydrogens (tertiary/aromatic N) is 3. The van der Waals surface area contributed by atoms with E-state index in [0.29, 0.717) is 10.7 Å². The Morgan fingerprint density at radius 3 is 2.33 bits per heavy atom. The van der Waals surface area contributed by atoms with Gasteiger partial charge >= 0.3 is 0 Å². The lowest BCUT2D eigenvalue weighted by Gasteiger charge is -2.06. The molecule has 0 aliphatic carbocycles. The summed E-state index contributed by atoms with van der Waals surface area (Å²) in [5.41, 5.74) is 1.52. The molecule has 0 spiro atoms. The number of para-hydroxylation sites is 2. The minimum atomic E-state index is -0.433. The van der Waals surface area contributed by atoms with Crippen molar-refractivity contribution in [3.63, 3.8) is 0 Å². The van der Waals surface area contributed by atoms with Crippen molar-refractivity contribution in [3.8, 4) is 5.69 Å². The topological polar surface area (TPSA) is 79.0 Å². The van der Waals surface area contributed by atoms with Gasteiger partial charge in [-0.15, -0.1) is 0 Å². The first-order chi connectivity index (χ1) is 11.6. The van der Waals surface area contributed by atoms with Gasteiger partial charge in [-0.1, -0.05) is 36.4 Å². The largest absolute Gasteiger partial charge is 0.512 e. The average molecular weight is 339 g/mol. The molecule has 2 N–H and O–H groups in total. The van der Waals surface area contributed by atoms with Gasteiger partial charge in [0.25, 0.3) is 11.6 Å². The maximum absolute atomic E-state index is 12.5. The smallest absolute Gasteiger partial charge is 0.269 e. The van der Waals surface area contributed by atoms with Gasteiger partial charge in [-0.2, -0.15) is 0 Å². The zero-order valence-electron chi connectivity index (χ0n) is 12.9. The van der Waals surface area contributed by atoms with Crippen molar-refractivity contribution in [3.05, 3.63) is 71.4 Å². The van der Waals surface area contributed by atoms with Gasteiger partial charge in [0.05, 0.1) is 20.8 Å². The van der Waals surface area contributed by atoms with Gasteiger partial charge in [-0.05, 0) is 19.1 Å². The Hall–Kier alpha value is -3.06. The van der Waals surface area contributed by atoms with E-state index in [-0.39, 0.29) is 11.3 Å². The van der Waals surface area contributed by atoms with Crippen LogP contribution >= 0.6 is 11.5 Å². The molecule has 3 rings (SSSR count). The molecule has 0 saturated heterocycles. The highest BCUT2D eigenvalue weighted by molar-refractivity contribution is 7.06. The lowest BCUT2D eigenvalue weighted by Crippen LogP contribution is -2.35. The summed E-state index contributed by atoms with van der Waals surface area (Å²) in [5, 5.41) is 17.3. The SMILES string of the molecule is C/C(O)=C(\C(=O)Nc1ccccc1)c1n[n+](-c2ccccc2)ns1. The predicted octanol–water partition coefficient (Wildman–Crippen LogP) is 2.74. The Kier molecular flexibility index (Phi) is 4.62. The van der Waals surface area contributed by atoms with Crippen LogP contribution in [-0.2, 0) is 4.79 Å². The Morgan fingerprint density at radius 2 is 1.71 bits per heavy atom. The van der Waals surface area contributed by atoms with Gasteiger partial charge in [0.15, 0.2) is 0 Å². The van der Waals surface area contributed by atoms with Crippen LogP contribution in [-0.4, -0.2) is 20.6 Å². The Bertz CT molecular complexity index is 872. The molecule has 24 heavy (non-hydrogen) atoms. The maximum atomic E-state index is 12.5. The molecule has 3 aromatic rings. The number of carbonyl (C=O) groups is 1. The maximum Gasteiger partial charge on any atom is 0.269 e. The van der Waals surface area contributed by atoms with Crippen molar-refractivity contribution < 1.29 is 14.7 Å². The van der Waals surface area contributed by atoms with Crippen molar-refractivity contribution in [2.45, 2.75) is 6.92 Å². The van der Waals surface area contributed by atoms with E-state index in [1.54, 1.807) is 12.1 Å². The molecule has 1 heterocycles. The van der Waals surface area contributed by atoms with Crippen LogP contribution in [0.3, 0.4) is 0 Å². The fourth-order valence-corrected chi connectivity index (χ4v) is 2.82. The van der Waals surface area contributed by atoms with Crippen molar-refractivity contribution in [2.75, 3.05) is 5.32 Å². The fourth-order valence-electron chi connectivity index (χ4n) is 2.09. The van der Waals surface area contributed by atoms with Crippen molar-refractivity contribution in [1.82, 2.24) is 9.59 Å². The fraction of sp³-hybridized carbons (Fsp3) is 0.0588. The van der Waals surface area contributed by atoms with Gasteiger partial charge < -0.3 is 10.4 Å². The molecule has 0 radical (unpaired) electrons. The van der Waals surface area contributed by atoms with Crippen LogP contribution in [0.25, 0.3) is 11.3 Å². The molecule has 0 fully saturated rings. The molecule has 0 saturated carbocycles. The number of nitrogens with one attached hydrogen (secondary N) is 1. The van der Waals surface area contributed by atoms with Crippen LogP contribution in [0.2, 0.25) is 0 Å². The number of aliphatic hydroxyl groups excluding tert-OH is 1. The summed E-state index contributed by atoms with van der Waals surface area (Å²) in [4.78, 5) is 13.9. The second kappa shape index (κ2) is 7.01. The quantitative estimate of drug-likeness (QED) is 0.435. The van der Waals surface area contributed by atoms with Gasteiger partial charge in [0.2, 0.25) is 5.01 Å². The Morgan fingerprint density at radius 1 is 1.08 bits per heavy atom. The Balaban J connectivity index is 1.89. The van der Waals surface area contributed by atoms with E-state index in [4.69, 9.17) is 0 Å². The third-order valence-corrected chi connectivity index (χ3v) is 3.91. The second-order valence-corrected chi connectivity index (χ2v) is 5.72. The van der Waals surface area contributed by atoms with E-state index >= 15 is 0 Å². The third-order valence-electron chi connectivity index (χ3n) is 3.21. The minimum absolute atomic E-state index is 0.103. The summed E-state index contributed by atoms with van der Waals surface area (Å²) in [5.74, 6) is -0.544. The van der Waals surface area contributed by atoms with Crippen LogP contribution in [0.1, 0.15) is 11.9 Å². The number of aliphatic hydroxyl groups is 1. The van der Waals surface area contributed by atoms with Crippen molar-refractivity contribution in [1.29, 1.82) is 0 Å². The predicted molar refractivity (Wildman–Crippen MR) is 91.7 cm³/mol. The summed E-state index contributed by atoms with van der Waals surface area (Å²) < 4.78 is 4.20. The van der Waals surface area contributed by atoms with E-state index in [2.05, 4.69) is 14.9 Å². The zero-order valence-corrected chi connectivity index (χ0v) is 13.7. The molecule has 6 nitrogen and oxygen atoms in total. The normalized spacial score (nSPS) is 11.7. The lowest BCUT2D eigenvalue weighted by atomic mass is 10.2. The first kappa shape index (κ1) is 15.8. The first-order valence-corrected chi connectivity index (χ1v) is 8.01. The van der Waals surface area contributed by atoms with Gasteiger partial charge in [-0.3, -0.25) is 4.79 Å². The summed E-state index contributed by atoms with van der Waals surface area (Å²) >= 11 is 1.04. The summed E-state index contributed by atoms with van der Waals surface area (Å²) in [7, 11) is 0. The van der Waals surface area contributed by atoms with Crippen LogP contribution in [0.5, 0.6) is 0 Å². The highest BCUT2D eigenvalue weighted by Crippen LogP contribution is 2.20. The highest BCUT2D eigenvalue weighted by Gasteiger charge is 2.25. The monoisotopic (exact) mass is 339 g/mol. The molecule has 0 bridgehead atoms. The van der Waals surface area contributed by atoms with Crippen LogP contribution in [0, 0.1) is 0 Å². The van der Waals surface area contributed by atoms with E-state index in [1.807, 2.05) is 48.5 Å². The minimum Gasteiger partial charge on any atom is -0.512 e. The highest BCUT2D eigenvalue weighted by atomic mass is 32.1. The number of allylic oxidation sites excluding steroid dienone is 1. The van der Waals surface area contributed by atoms with Crippen LogP contribution in [0.15, 0.2) is 66.4 Å². The summed E-state index contributed by atoms with van der Waals surface area (Å²) in [6.45, 7) is 1.45. The number of amides is 1. The molecular formula is C17H15N4O2S+. The molecule has 0 aliphatic heterocycles. The number of hydrogen-bond donors (Lipinski definition) is 2. The second-order valence-electron chi connectivity index (χ2n) is 4.98. The lowest BCUT2D eigenvalue weighted by molar-refractivity contribution is -0.710. The number of aromatic nitrogens is 3. The van der Waals surface area contributed by atoms with E-state index in [9.17, 15) is 9.90 Å². The van der Waals surface area contributed by atoms with Crippen LogP contribution in [0.4, 0.5) is 5.69 Å². The third kappa shape index (κ3) is 3.47. The summed E-state index contributed by atoms with van der Waals surface area (Å²) in [6.07, 6.45) is 0. The molecule has 7 heteroatoms. The number of benzene rings is 2. The molecule has 120 valence electrons. The molecule has 2 aromatic carbocycles. The molecule has 1 aromatic heterocycles. The van der Waals surface area contributed by atoms with Crippen molar-refractivity contribution in [2.24, 2.45) is 0 Å². The molecular weight excluding hydrogens is 324 g/mol. The molecule has 0 unspecified atom stereocenters. The van der Waals surface area contributed by atoms with Gasteiger partial charge in [-0.25, -0.2) is 0 Å². The molecule has 0 atom stereocenters. The number of rotatable bonds is 4. The number of carbonyl (C=O) groups excluding carboxylic acids is 1. The van der Waals surface area contributed by atoms with E-state index in [1.165, 1.54) is 11.7 Å². The zero-order chi connectivity index (χ0) is 16.9. The standard InChI is InChI=1S/C17H14N4O2S/c1-12(22)15(16(23)18-13-8-4-2-5-9-13)17-19-21(20-24-17)14-10-6-3-7-11-14/h2-11H,1H3,(H-,18,19,20,22,23)/p+1. The summed E-state index contributed by atoms with van der Waals surface area (Å²) in [6, 6.07) is 18.4. The number of anilines is 1.